The fourth-order valence-electron chi connectivity index (χ4n) is 2.62. The second-order valence-corrected chi connectivity index (χ2v) is 6.25. The first kappa shape index (κ1) is 20.0. The van der Waals surface area contributed by atoms with Gasteiger partial charge < -0.3 is 14.6 Å². The van der Waals surface area contributed by atoms with Crippen molar-refractivity contribution in [2.75, 3.05) is 13.7 Å². The maximum absolute atomic E-state index is 9.90. The minimum Gasteiger partial charge on any atom is -0.497 e. The van der Waals surface area contributed by atoms with Crippen LogP contribution in [-0.2, 0) is 11.3 Å². The summed E-state index contributed by atoms with van der Waals surface area (Å²) in [5.74, 6) is 0.877. The van der Waals surface area contributed by atoms with Gasteiger partial charge in [0.2, 0.25) is 0 Å². The average molecular weight is 322 g/mol. The Morgan fingerprint density at radius 3 is 2.17 bits per heavy atom. The fraction of sp³-hybridized carbons (Fsp3) is 0.700. The lowest BCUT2D eigenvalue weighted by Crippen LogP contribution is -2.06. The van der Waals surface area contributed by atoms with Crippen molar-refractivity contribution in [3.05, 3.63) is 29.8 Å². The Kier molecular flexibility index (Phi) is 11.6. The maximum Gasteiger partial charge on any atom is 0.118 e. The van der Waals surface area contributed by atoms with E-state index in [1.165, 1.54) is 31.2 Å². The number of aliphatic hydroxyl groups is 1. The van der Waals surface area contributed by atoms with Gasteiger partial charge in [0, 0.05) is 6.61 Å². The van der Waals surface area contributed by atoms with Gasteiger partial charge >= 0.3 is 0 Å². The summed E-state index contributed by atoms with van der Waals surface area (Å²) >= 11 is 0. The van der Waals surface area contributed by atoms with Gasteiger partial charge in [0.05, 0.1) is 19.8 Å². The van der Waals surface area contributed by atoms with Gasteiger partial charge in [0.15, 0.2) is 0 Å². The Bertz CT molecular complexity index is 375. The van der Waals surface area contributed by atoms with Gasteiger partial charge in [-0.3, -0.25) is 0 Å². The molecule has 3 nitrogen and oxygen atoms in total. The quantitative estimate of drug-likeness (QED) is 0.484. The molecule has 0 bridgehead atoms. The molecule has 1 N–H and O–H groups in total. The molecule has 1 unspecified atom stereocenters. The summed E-state index contributed by atoms with van der Waals surface area (Å²) in [6.45, 7) is 3.66. The molecule has 0 radical (unpaired) electrons. The van der Waals surface area contributed by atoms with E-state index in [0.29, 0.717) is 6.61 Å². The second kappa shape index (κ2) is 13.4. The van der Waals surface area contributed by atoms with Crippen LogP contribution in [0.1, 0.15) is 70.3 Å². The molecule has 0 aromatic heterocycles. The van der Waals surface area contributed by atoms with Crippen molar-refractivity contribution in [1.29, 1.82) is 0 Å². The zero-order valence-electron chi connectivity index (χ0n) is 14.9. The van der Waals surface area contributed by atoms with Gasteiger partial charge in [-0.2, -0.15) is 0 Å². The van der Waals surface area contributed by atoms with E-state index in [1.807, 2.05) is 24.3 Å². The van der Waals surface area contributed by atoms with E-state index in [1.54, 1.807) is 7.11 Å². The average Bonchev–Trinajstić information content (AvgIpc) is 2.58. The van der Waals surface area contributed by atoms with E-state index in [0.717, 1.165) is 44.5 Å². The van der Waals surface area contributed by atoms with Crippen molar-refractivity contribution in [2.24, 2.45) is 0 Å². The normalized spacial score (nSPS) is 12.3. The molecule has 0 fully saturated rings. The predicted molar refractivity (Wildman–Crippen MR) is 95.9 cm³/mol. The fourth-order valence-corrected chi connectivity index (χ4v) is 2.62. The Labute approximate surface area is 142 Å². The highest BCUT2D eigenvalue weighted by Gasteiger charge is 2.03. The molecular formula is C20H34O3. The third-order valence-corrected chi connectivity index (χ3v) is 4.14. The first-order valence-electron chi connectivity index (χ1n) is 9.15. The number of aliphatic hydroxyl groups excluding tert-OH is 1. The van der Waals surface area contributed by atoms with Crippen molar-refractivity contribution in [1.82, 2.24) is 0 Å². The zero-order chi connectivity index (χ0) is 16.8. The highest BCUT2D eigenvalue weighted by molar-refractivity contribution is 5.26. The van der Waals surface area contributed by atoms with Crippen molar-refractivity contribution in [3.8, 4) is 5.75 Å². The zero-order valence-corrected chi connectivity index (χ0v) is 14.9. The molecule has 0 aliphatic rings. The number of hydrogen-bond acceptors (Lipinski definition) is 3. The Balaban J connectivity index is 1.92. The molecule has 1 aromatic rings. The summed E-state index contributed by atoms with van der Waals surface area (Å²) in [5, 5.41) is 9.90. The Morgan fingerprint density at radius 1 is 0.913 bits per heavy atom. The first-order chi connectivity index (χ1) is 11.3. The minimum absolute atomic E-state index is 0.105. The van der Waals surface area contributed by atoms with Crippen LogP contribution in [0.5, 0.6) is 5.75 Å². The van der Waals surface area contributed by atoms with Crippen LogP contribution < -0.4 is 4.74 Å². The lowest BCUT2D eigenvalue weighted by Gasteiger charge is -2.10. The molecule has 0 amide bonds. The van der Waals surface area contributed by atoms with Crippen LogP contribution in [0, 0.1) is 0 Å². The van der Waals surface area contributed by atoms with Crippen LogP contribution in [0.25, 0.3) is 0 Å². The molecule has 0 saturated carbocycles. The van der Waals surface area contributed by atoms with E-state index in [2.05, 4.69) is 6.92 Å². The molecule has 3 heteroatoms. The van der Waals surface area contributed by atoms with Crippen LogP contribution in [0.4, 0.5) is 0 Å². The topological polar surface area (TPSA) is 38.7 Å². The lowest BCUT2D eigenvalue weighted by molar-refractivity contribution is 0.113. The van der Waals surface area contributed by atoms with Crippen molar-refractivity contribution in [2.45, 2.75) is 77.4 Å². The van der Waals surface area contributed by atoms with Crippen LogP contribution >= 0.6 is 0 Å². The van der Waals surface area contributed by atoms with Crippen LogP contribution in [0.15, 0.2) is 24.3 Å². The molecule has 0 saturated heterocycles. The van der Waals surface area contributed by atoms with E-state index in [4.69, 9.17) is 9.47 Å². The number of benzene rings is 1. The van der Waals surface area contributed by atoms with Crippen molar-refractivity contribution >= 4 is 0 Å². The summed E-state index contributed by atoms with van der Waals surface area (Å²) in [5.41, 5.74) is 1.17. The van der Waals surface area contributed by atoms with Gasteiger partial charge in [-0.25, -0.2) is 0 Å². The predicted octanol–water partition coefficient (Wildman–Crippen LogP) is 5.10. The molecule has 0 aliphatic carbocycles. The molecule has 0 heterocycles. The highest BCUT2D eigenvalue weighted by atomic mass is 16.5. The Morgan fingerprint density at radius 2 is 1.57 bits per heavy atom. The SMILES string of the molecule is CCCCCCC(O)CCCCCOCc1ccc(OC)cc1. The van der Waals surface area contributed by atoms with Gasteiger partial charge in [0.1, 0.15) is 5.75 Å². The van der Waals surface area contributed by atoms with Gasteiger partial charge in [0.25, 0.3) is 0 Å². The van der Waals surface area contributed by atoms with Gasteiger partial charge in [-0.05, 0) is 37.0 Å². The molecule has 1 aromatic carbocycles. The van der Waals surface area contributed by atoms with E-state index < -0.39 is 0 Å². The summed E-state index contributed by atoms with van der Waals surface area (Å²) in [7, 11) is 1.67. The Hall–Kier alpha value is -1.06. The summed E-state index contributed by atoms with van der Waals surface area (Å²) in [6.07, 6.45) is 10.1. The molecule has 132 valence electrons. The van der Waals surface area contributed by atoms with Gasteiger partial charge in [-0.1, -0.05) is 57.6 Å². The van der Waals surface area contributed by atoms with E-state index in [9.17, 15) is 5.11 Å². The standard InChI is InChI=1S/C20H34O3/c1-3-4-5-7-10-19(21)11-8-6-9-16-23-17-18-12-14-20(22-2)15-13-18/h12-15,19,21H,3-11,16-17H2,1-2H3. The maximum atomic E-state index is 9.90. The molecular weight excluding hydrogens is 288 g/mol. The number of unbranched alkanes of at least 4 members (excludes halogenated alkanes) is 5. The summed E-state index contributed by atoms with van der Waals surface area (Å²) < 4.78 is 10.8. The third kappa shape index (κ3) is 10.4. The van der Waals surface area contributed by atoms with E-state index >= 15 is 0 Å². The summed E-state index contributed by atoms with van der Waals surface area (Å²) in [6, 6.07) is 7.99. The monoisotopic (exact) mass is 322 g/mol. The molecule has 23 heavy (non-hydrogen) atoms. The number of methoxy groups -OCH3 is 1. The smallest absolute Gasteiger partial charge is 0.118 e. The highest BCUT2D eigenvalue weighted by Crippen LogP contribution is 2.13. The molecule has 0 aliphatic heterocycles. The van der Waals surface area contributed by atoms with Crippen molar-refractivity contribution in [3.63, 3.8) is 0 Å². The van der Waals surface area contributed by atoms with Crippen LogP contribution in [-0.4, -0.2) is 24.9 Å². The van der Waals surface area contributed by atoms with Crippen LogP contribution in [0.2, 0.25) is 0 Å². The number of ether oxygens (including phenoxy) is 2. The third-order valence-electron chi connectivity index (χ3n) is 4.14. The number of rotatable bonds is 14. The molecule has 1 atom stereocenters. The number of hydrogen-bond donors (Lipinski definition) is 1. The molecule has 0 spiro atoms. The largest absolute Gasteiger partial charge is 0.497 e. The van der Waals surface area contributed by atoms with Crippen LogP contribution in [0.3, 0.4) is 0 Å². The summed E-state index contributed by atoms with van der Waals surface area (Å²) in [4.78, 5) is 0. The first-order valence-corrected chi connectivity index (χ1v) is 9.15. The van der Waals surface area contributed by atoms with Gasteiger partial charge in [-0.15, -0.1) is 0 Å². The second-order valence-electron chi connectivity index (χ2n) is 6.25. The molecule has 1 rings (SSSR count). The van der Waals surface area contributed by atoms with E-state index in [-0.39, 0.29) is 6.10 Å². The van der Waals surface area contributed by atoms with Crippen molar-refractivity contribution < 1.29 is 14.6 Å². The lowest BCUT2D eigenvalue weighted by atomic mass is 10.0. The minimum atomic E-state index is -0.105.